The van der Waals surface area contributed by atoms with Gasteiger partial charge in [-0.05, 0) is 83.5 Å². The quantitative estimate of drug-likeness (QED) is 0.0264. The van der Waals surface area contributed by atoms with Gasteiger partial charge in [0.15, 0.2) is 6.10 Å². The highest BCUT2D eigenvalue weighted by Crippen LogP contribution is 2.12. The van der Waals surface area contributed by atoms with Crippen molar-refractivity contribution in [3.05, 3.63) is 109 Å². The number of carbonyl (C=O) groups is 3. The molecule has 0 aromatic carbocycles. The van der Waals surface area contributed by atoms with E-state index in [1.807, 2.05) is 12.2 Å². The summed E-state index contributed by atoms with van der Waals surface area (Å²) in [5, 5.41) is 11.6. The zero-order valence-corrected chi connectivity index (χ0v) is 37.6. The van der Waals surface area contributed by atoms with Gasteiger partial charge in [-0.25, -0.2) is 0 Å². The molecule has 0 aromatic rings. The summed E-state index contributed by atoms with van der Waals surface area (Å²) in [7, 11) is 5.37. The number of allylic oxidation sites excluding steroid dienone is 18. The second-order valence-electron chi connectivity index (χ2n) is 15.5. The molecule has 0 fully saturated rings. The van der Waals surface area contributed by atoms with Crippen LogP contribution >= 0.6 is 0 Å². The molecule has 332 valence electrons. The van der Waals surface area contributed by atoms with E-state index in [4.69, 9.17) is 14.2 Å². The van der Waals surface area contributed by atoms with E-state index in [0.717, 1.165) is 89.9 Å². The lowest BCUT2D eigenvalue weighted by molar-refractivity contribution is -0.889. The highest BCUT2D eigenvalue weighted by atomic mass is 16.6. The number of ether oxygens (including phenoxy) is 3. The lowest BCUT2D eigenvalue weighted by Gasteiger charge is -2.34. The largest absolute Gasteiger partial charge is 0.544 e. The summed E-state index contributed by atoms with van der Waals surface area (Å²) in [5.74, 6) is -1.88. The Kier molecular flexibility index (Phi) is 38.0. The summed E-state index contributed by atoms with van der Waals surface area (Å²) in [6, 6.07) is -0.746. The Morgan fingerprint density at radius 2 is 0.932 bits per heavy atom. The van der Waals surface area contributed by atoms with Crippen molar-refractivity contribution in [2.45, 2.75) is 154 Å². The maximum Gasteiger partial charge on any atom is 0.306 e. The Bertz CT molecular complexity index is 1330. The van der Waals surface area contributed by atoms with Crippen LogP contribution in [-0.2, 0) is 28.6 Å². The lowest BCUT2D eigenvalue weighted by Crippen LogP contribution is -2.55. The van der Waals surface area contributed by atoms with Gasteiger partial charge in [0, 0.05) is 19.3 Å². The topological polar surface area (TPSA) is 102 Å². The minimum Gasteiger partial charge on any atom is -0.544 e. The third-order valence-electron chi connectivity index (χ3n) is 9.17. The number of carboxylic acids is 1. The molecule has 0 saturated carbocycles. The Labute approximate surface area is 359 Å². The van der Waals surface area contributed by atoms with Crippen LogP contribution in [-0.4, -0.2) is 75.5 Å². The van der Waals surface area contributed by atoms with Gasteiger partial charge in [-0.1, -0.05) is 149 Å². The summed E-state index contributed by atoms with van der Waals surface area (Å²) in [5.41, 5.74) is 0. The summed E-state index contributed by atoms with van der Waals surface area (Å²) in [6.45, 7) is 4.32. The molecule has 0 aliphatic heterocycles. The summed E-state index contributed by atoms with van der Waals surface area (Å²) in [4.78, 5) is 36.9. The lowest BCUT2D eigenvalue weighted by atomic mass is 10.1. The van der Waals surface area contributed by atoms with Crippen molar-refractivity contribution in [1.82, 2.24) is 0 Å². The molecular weight excluding hydrogens is 739 g/mol. The molecule has 0 aliphatic rings. The van der Waals surface area contributed by atoms with Crippen LogP contribution in [0.4, 0.5) is 0 Å². The van der Waals surface area contributed by atoms with Crippen LogP contribution in [0.2, 0.25) is 0 Å². The highest BCUT2D eigenvalue weighted by molar-refractivity contribution is 5.70. The van der Waals surface area contributed by atoms with E-state index in [2.05, 4.69) is 111 Å². The molecule has 0 amide bonds. The highest BCUT2D eigenvalue weighted by Gasteiger charge is 2.25. The molecule has 0 spiro atoms. The van der Waals surface area contributed by atoms with Gasteiger partial charge in [0.05, 0.1) is 40.3 Å². The minimum atomic E-state index is -1.14. The first kappa shape index (κ1) is 55.0. The average Bonchev–Trinajstić information content (AvgIpc) is 3.19. The van der Waals surface area contributed by atoms with Crippen molar-refractivity contribution in [2.24, 2.45) is 0 Å². The van der Waals surface area contributed by atoms with E-state index in [1.54, 1.807) is 21.1 Å². The first-order valence-electron chi connectivity index (χ1n) is 22.4. The number of rotatable bonds is 38. The smallest absolute Gasteiger partial charge is 0.306 e. The van der Waals surface area contributed by atoms with E-state index in [9.17, 15) is 19.5 Å². The molecule has 0 aliphatic carbocycles. The molecular formula is C51H81NO7. The number of carboxylic acid groups (broad SMARTS) is 1. The van der Waals surface area contributed by atoms with Crippen molar-refractivity contribution in [2.75, 3.05) is 41.0 Å². The third kappa shape index (κ3) is 39.2. The predicted octanol–water partition coefficient (Wildman–Crippen LogP) is 11.1. The van der Waals surface area contributed by atoms with E-state index in [0.29, 0.717) is 6.42 Å². The number of aliphatic carboxylic acids is 1. The second-order valence-corrected chi connectivity index (χ2v) is 15.5. The fourth-order valence-electron chi connectivity index (χ4n) is 5.76. The third-order valence-corrected chi connectivity index (χ3v) is 9.17. The fraction of sp³-hybridized carbons (Fsp3) is 0.588. The summed E-state index contributed by atoms with van der Waals surface area (Å²) >= 11 is 0. The molecule has 8 heteroatoms. The van der Waals surface area contributed by atoms with Gasteiger partial charge in [-0.3, -0.25) is 9.59 Å². The number of hydrogen-bond acceptors (Lipinski definition) is 7. The van der Waals surface area contributed by atoms with Crippen molar-refractivity contribution >= 4 is 17.9 Å². The van der Waals surface area contributed by atoms with Crippen molar-refractivity contribution in [1.29, 1.82) is 0 Å². The predicted molar refractivity (Wildman–Crippen MR) is 244 cm³/mol. The number of hydrogen-bond donors (Lipinski definition) is 0. The number of likely N-dealkylation sites (N-methyl/N-ethyl adjacent to an activating group) is 1. The van der Waals surface area contributed by atoms with Gasteiger partial charge < -0.3 is 28.6 Å². The number of unbranched alkanes of at least 4 members (excludes halogenated alkanes) is 6. The van der Waals surface area contributed by atoms with Gasteiger partial charge in [0.1, 0.15) is 12.6 Å². The molecule has 0 saturated heterocycles. The first-order chi connectivity index (χ1) is 28.6. The monoisotopic (exact) mass is 820 g/mol. The van der Waals surface area contributed by atoms with Crippen LogP contribution in [0.15, 0.2) is 109 Å². The summed E-state index contributed by atoms with van der Waals surface area (Å²) < 4.78 is 17.1. The first-order valence-corrected chi connectivity index (χ1v) is 22.4. The molecule has 0 aromatic heterocycles. The van der Waals surface area contributed by atoms with Gasteiger partial charge in [0.25, 0.3) is 0 Å². The molecule has 0 heterocycles. The zero-order chi connectivity index (χ0) is 43.5. The maximum atomic E-state index is 12.7. The zero-order valence-electron chi connectivity index (χ0n) is 37.6. The average molecular weight is 820 g/mol. The maximum absolute atomic E-state index is 12.7. The van der Waals surface area contributed by atoms with Crippen LogP contribution in [0.3, 0.4) is 0 Å². The van der Waals surface area contributed by atoms with Gasteiger partial charge in [-0.2, -0.15) is 0 Å². The van der Waals surface area contributed by atoms with E-state index >= 15 is 0 Å². The van der Waals surface area contributed by atoms with E-state index < -0.39 is 18.1 Å². The molecule has 59 heavy (non-hydrogen) atoms. The normalized spacial score (nSPS) is 14.0. The standard InChI is InChI=1S/C51H81NO7/c1-6-8-10-12-14-16-18-20-22-24-25-26-28-29-31-33-35-37-39-41-49(53)58-46-47(45-57-44-43-48(51(55)56)52(3,4)5)59-50(54)42-40-38-36-34-32-30-27-23-21-19-17-15-13-11-9-7-2/h8-11,14-17,20-23,25-26,29,31,35,37,47-48H,6-7,12-13,18-19,24,27-28,30,32-34,36,38-46H2,1-5H3/b10-8+,11-9+,16-14+,17-15+,22-20+,23-21+,26-25+,31-29+,37-35+. The van der Waals surface area contributed by atoms with Crippen molar-refractivity contribution in [3.8, 4) is 0 Å². The number of esters is 2. The van der Waals surface area contributed by atoms with Crippen molar-refractivity contribution < 1.29 is 38.2 Å². The van der Waals surface area contributed by atoms with Crippen LogP contribution in [0.1, 0.15) is 142 Å². The van der Waals surface area contributed by atoms with Crippen LogP contribution in [0.5, 0.6) is 0 Å². The molecule has 0 bridgehead atoms. The van der Waals surface area contributed by atoms with E-state index in [-0.39, 0.29) is 55.5 Å². The van der Waals surface area contributed by atoms with Crippen LogP contribution in [0, 0.1) is 0 Å². The number of quaternary nitrogens is 1. The molecule has 0 N–H and O–H groups in total. The Balaban J connectivity index is 4.50. The van der Waals surface area contributed by atoms with Gasteiger partial charge in [-0.15, -0.1) is 0 Å². The Hall–Kier alpha value is -4.01. The van der Waals surface area contributed by atoms with E-state index in [1.165, 1.54) is 12.8 Å². The number of carbonyl (C=O) groups excluding carboxylic acids is 3. The molecule has 2 atom stereocenters. The van der Waals surface area contributed by atoms with Crippen molar-refractivity contribution in [3.63, 3.8) is 0 Å². The molecule has 0 rings (SSSR count). The molecule has 0 radical (unpaired) electrons. The van der Waals surface area contributed by atoms with Crippen LogP contribution in [0.25, 0.3) is 0 Å². The number of nitrogens with zero attached hydrogens (tertiary/aromatic N) is 1. The molecule has 8 nitrogen and oxygen atoms in total. The summed E-state index contributed by atoms with van der Waals surface area (Å²) in [6.07, 6.45) is 55.6. The van der Waals surface area contributed by atoms with Gasteiger partial charge >= 0.3 is 11.9 Å². The fourth-order valence-corrected chi connectivity index (χ4v) is 5.76. The SMILES string of the molecule is CC/C=C/C/C=C/C/C=C/C/C=C/C/C=C/C/C=C/CCC(=O)OCC(COCCC(C(=O)[O-])[N+](C)(C)C)OC(=O)CCCCCCCC/C=C/C/C=C/C/C=C/CC. The van der Waals surface area contributed by atoms with Gasteiger partial charge in [0.2, 0.25) is 0 Å². The Morgan fingerprint density at radius 1 is 0.508 bits per heavy atom. The minimum absolute atomic E-state index is 0.00408. The second kappa shape index (κ2) is 40.8. The molecule has 2 unspecified atom stereocenters. The van der Waals surface area contributed by atoms with Crippen LogP contribution < -0.4 is 5.11 Å². The Morgan fingerprint density at radius 3 is 1.39 bits per heavy atom.